The Bertz CT molecular complexity index is 611. The lowest BCUT2D eigenvalue weighted by molar-refractivity contribution is -0.128. The number of halogens is 1. The van der Waals surface area contributed by atoms with Gasteiger partial charge in [0.15, 0.2) is 0 Å². The van der Waals surface area contributed by atoms with Crippen LogP contribution in [0.5, 0.6) is 5.75 Å². The highest BCUT2D eigenvalue weighted by Crippen LogP contribution is 2.38. The lowest BCUT2D eigenvalue weighted by Crippen LogP contribution is -2.45. The molecule has 5 nitrogen and oxygen atoms in total. The highest BCUT2D eigenvalue weighted by atomic mass is 35.5. The molecule has 0 aromatic heterocycles. The van der Waals surface area contributed by atoms with E-state index in [2.05, 4.69) is 5.32 Å². The highest BCUT2D eigenvalue weighted by Gasteiger charge is 2.40. The number of ether oxygens (including phenoxy) is 1. The van der Waals surface area contributed by atoms with Crippen LogP contribution in [-0.4, -0.2) is 25.0 Å². The summed E-state index contributed by atoms with van der Waals surface area (Å²) in [6.45, 7) is 0.596. The number of rotatable bonds is 4. The minimum atomic E-state index is -0.591. The molecule has 3 N–H and O–H groups in total. The SMILES string of the molecule is NC(=O)C1(CNC(=O)C2COc3ccc(Cl)cc32)CCCC1. The Morgan fingerprint density at radius 2 is 2.09 bits per heavy atom. The number of carbonyl (C=O) groups is 2. The van der Waals surface area contributed by atoms with Gasteiger partial charge in [0.25, 0.3) is 0 Å². The van der Waals surface area contributed by atoms with Crippen molar-refractivity contribution in [1.29, 1.82) is 0 Å². The van der Waals surface area contributed by atoms with E-state index in [0.717, 1.165) is 31.2 Å². The summed E-state index contributed by atoms with van der Waals surface area (Å²) in [4.78, 5) is 24.2. The Hall–Kier alpha value is -1.75. The maximum absolute atomic E-state index is 12.5. The van der Waals surface area contributed by atoms with Gasteiger partial charge in [-0.05, 0) is 31.0 Å². The second-order valence-electron chi connectivity index (χ2n) is 6.12. The molecule has 1 aromatic rings. The molecule has 1 fully saturated rings. The van der Waals surface area contributed by atoms with Gasteiger partial charge in [-0.25, -0.2) is 0 Å². The largest absolute Gasteiger partial charge is 0.492 e. The average Bonchev–Trinajstić information content (AvgIpc) is 3.12. The Balaban J connectivity index is 1.69. The van der Waals surface area contributed by atoms with Crippen LogP contribution in [0, 0.1) is 5.41 Å². The number of amides is 2. The monoisotopic (exact) mass is 322 g/mol. The third-order valence-corrected chi connectivity index (χ3v) is 4.99. The van der Waals surface area contributed by atoms with Crippen LogP contribution >= 0.6 is 11.6 Å². The molecule has 1 atom stereocenters. The number of hydrogen-bond donors (Lipinski definition) is 2. The summed E-state index contributed by atoms with van der Waals surface area (Å²) < 4.78 is 5.52. The Kier molecular flexibility index (Phi) is 4.00. The number of fused-ring (bicyclic) bond motifs is 1. The van der Waals surface area contributed by atoms with Crippen molar-refractivity contribution in [3.63, 3.8) is 0 Å². The van der Waals surface area contributed by atoms with Gasteiger partial charge >= 0.3 is 0 Å². The first-order valence-corrected chi connectivity index (χ1v) is 7.89. The molecule has 118 valence electrons. The van der Waals surface area contributed by atoms with Gasteiger partial charge in [0, 0.05) is 17.1 Å². The normalized spacial score (nSPS) is 22.0. The van der Waals surface area contributed by atoms with Crippen molar-refractivity contribution in [2.75, 3.05) is 13.2 Å². The Morgan fingerprint density at radius 3 is 2.77 bits per heavy atom. The predicted octanol–water partition coefficient (Wildman–Crippen LogP) is 1.98. The molecule has 1 heterocycles. The number of carbonyl (C=O) groups excluding carboxylic acids is 2. The van der Waals surface area contributed by atoms with Crippen molar-refractivity contribution in [3.8, 4) is 5.75 Å². The molecule has 1 saturated carbocycles. The molecule has 6 heteroatoms. The van der Waals surface area contributed by atoms with E-state index in [1.165, 1.54) is 0 Å². The maximum atomic E-state index is 12.5. The number of primary amides is 1. The summed E-state index contributed by atoms with van der Waals surface area (Å²) >= 11 is 5.99. The second-order valence-corrected chi connectivity index (χ2v) is 6.55. The lowest BCUT2D eigenvalue weighted by Gasteiger charge is -2.26. The third-order valence-electron chi connectivity index (χ3n) is 4.75. The molecule has 2 amide bonds. The summed E-state index contributed by atoms with van der Waals surface area (Å²) in [7, 11) is 0. The maximum Gasteiger partial charge on any atom is 0.231 e. The van der Waals surface area contributed by atoms with E-state index < -0.39 is 5.41 Å². The van der Waals surface area contributed by atoms with Gasteiger partial charge in [-0.15, -0.1) is 0 Å². The molecule has 0 radical (unpaired) electrons. The first-order valence-electron chi connectivity index (χ1n) is 7.52. The molecule has 0 spiro atoms. The van der Waals surface area contributed by atoms with Gasteiger partial charge in [0.2, 0.25) is 11.8 Å². The smallest absolute Gasteiger partial charge is 0.231 e. The molecule has 0 saturated heterocycles. The van der Waals surface area contributed by atoms with Crippen molar-refractivity contribution >= 4 is 23.4 Å². The summed E-state index contributed by atoms with van der Waals surface area (Å²) in [5, 5.41) is 3.46. The number of benzene rings is 1. The highest BCUT2D eigenvalue weighted by molar-refractivity contribution is 6.30. The standard InChI is InChI=1S/C16H19ClN2O3/c17-10-3-4-13-11(7-10)12(8-22-13)14(20)19-9-16(15(18)21)5-1-2-6-16/h3-4,7,12H,1-2,5-6,8-9H2,(H2,18,21)(H,19,20). The number of hydrogen-bond acceptors (Lipinski definition) is 3. The topological polar surface area (TPSA) is 81.4 Å². The summed E-state index contributed by atoms with van der Waals surface area (Å²) in [5.74, 6) is -0.167. The molecule has 0 bridgehead atoms. The van der Waals surface area contributed by atoms with E-state index >= 15 is 0 Å². The van der Waals surface area contributed by atoms with Crippen molar-refractivity contribution in [1.82, 2.24) is 5.32 Å². The minimum Gasteiger partial charge on any atom is -0.492 e. The van der Waals surface area contributed by atoms with Crippen molar-refractivity contribution in [2.24, 2.45) is 11.1 Å². The van der Waals surface area contributed by atoms with Crippen LogP contribution in [0.25, 0.3) is 0 Å². The van der Waals surface area contributed by atoms with Crippen LogP contribution in [0.4, 0.5) is 0 Å². The quantitative estimate of drug-likeness (QED) is 0.889. The van der Waals surface area contributed by atoms with Gasteiger partial charge in [-0.3, -0.25) is 9.59 Å². The van der Waals surface area contributed by atoms with E-state index in [1.54, 1.807) is 18.2 Å². The first kappa shape index (κ1) is 15.2. The van der Waals surface area contributed by atoms with Gasteiger partial charge in [0.05, 0.1) is 5.41 Å². The zero-order valence-electron chi connectivity index (χ0n) is 12.2. The van der Waals surface area contributed by atoms with E-state index in [-0.39, 0.29) is 17.7 Å². The summed E-state index contributed by atoms with van der Waals surface area (Å²) in [6.07, 6.45) is 3.44. The number of nitrogens with one attached hydrogen (secondary N) is 1. The fraction of sp³-hybridized carbons (Fsp3) is 0.500. The molecular weight excluding hydrogens is 304 g/mol. The zero-order chi connectivity index (χ0) is 15.7. The predicted molar refractivity (Wildman–Crippen MR) is 82.8 cm³/mol. The van der Waals surface area contributed by atoms with E-state index in [1.807, 2.05) is 0 Å². The minimum absolute atomic E-state index is 0.145. The lowest BCUT2D eigenvalue weighted by atomic mass is 9.85. The Morgan fingerprint density at radius 1 is 1.36 bits per heavy atom. The second kappa shape index (κ2) is 5.80. The summed E-state index contributed by atoms with van der Waals surface area (Å²) in [5.41, 5.74) is 5.74. The van der Waals surface area contributed by atoms with Crippen molar-refractivity contribution < 1.29 is 14.3 Å². The van der Waals surface area contributed by atoms with Gasteiger partial charge < -0.3 is 15.8 Å². The van der Waals surface area contributed by atoms with Gasteiger partial charge in [-0.1, -0.05) is 24.4 Å². The van der Waals surface area contributed by atoms with Crippen LogP contribution in [0.15, 0.2) is 18.2 Å². The zero-order valence-corrected chi connectivity index (χ0v) is 13.0. The molecule has 3 rings (SSSR count). The van der Waals surface area contributed by atoms with Gasteiger partial charge in [-0.2, -0.15) is 0 Å². The third kappa shape index (κ3) is 2.65. The van der Waals surface area contributed by atoms with Crippen LogP contribution in [0.1, 0.15) is 37.2 Å². The van der Waals surface area contributed by atoms with Crippen LogP contribution in [0.2, 0.25) is 5.02 Å². The van der Waals surface area contributed by atoms with Crippen LogP contribution in [0.3, 0.4) is 0 Å². The van der Waals surface area contributed by atoms with Crippen LogP contribution < -0.4 is 15.8 Å². The fourth-order valence-corrected chi connectivity index (χ4v) is 3.53. The first-order chi connectivity index (χ1) is 10.5. The van der Waals surface area contributed by atoms with E-state index in [4.69, 9.17) is 22.1 Å². The Labute approximate surface area is 134 Å². The van der Waals surface area contributed by atoms with E-state index in [9.17, 15) is 9.59 Å². The molecular formula is C16H19ClN2O3. The molecule has 22 heavy (non-hydrogen) atoms. The summed E-state index contributed by atoms with van der Waals surface area (Å²) in [6, 6.07) is 5.27. The molecule has 1 aliphatic carbocycles. The molecule has 1 unspecified atom stereocenters. The van der Waals surface area contributed by atoms with Crippen molar-refractivity contribution in [2.45, 2.75) is 31.6 Å². The van der Waals surface area contributed by atoms with E-state index in [0.29, 0.717) is 23.9 Å². The molecule has 1 aliphatic heterocycles. The molecule has 1 aromatic carbocycles. The fourth-order valence-electron chi connectivity index (χ4n) is 3.34. The molecule has 2 aliphatic rings. The van der Waals surface area contributed by atoms with Crippen molar-refractivity contribution in [3.05, 3.63) is 28.8 Å². The average molecular weight is 323 g/mol. The van der Waals surface area contributed by atoms with Crippen LogP contribution in [-0.2, 0) is 9.59 Å². The van der Waals surface area contributed by atoms with Gasteiger partial charge in [0.1, 0.15) is 18.3 Å². The number of nitrogens with two attached hydrogens (primary N) is 1.